The van der Waals surface area contributed by atoms with E-state index in [1.54, 1.807) is 0 Å². The fraction of sp³-hybridized carbons (Fsp3) is 0.188. The zero-order valence-corrected chi connectivity index (χ0v) is 10.7. The summed E-state index contributed by atoms with van der Waals surface area (Å²) < 4.78 is 2.20. The van der Waals surface area contributed by atoms with Gasteiger partial charge in [0, 0.05) is 19.0 Å². The molecule has 2 nitrogen and oxygen atoms in total. The van der Waals surface area contributed by atoms with Gasteiger partial charge in [-0.15, -0.1) is 0 Å². The van der Waals surface area contributed by atoms with Crippen molar-refractivity contribution in [2.24, 2.45) is 7.05 Å². The first-order chi connectivity index (χ1) is 8.77. The number of imidazole rings is 1. The maximum absolute atomic E-state index is 4.80. The Kier molecular flexibility index (Phi) is 2.63. The van der Waals surface area contributed by atoms with Crippen molar-refractivity contribution in [1.82, 2.24) is 9.55 Å². The van der Waals surface area contributed by atoms with Gasteiger partial charge in [-0.1, -0.05) is 48.6 Å². The van der Waals surface area contributed by atoms with Crippen LogP contribution in [-0.4, -0.2) is 9.55 Å². The van der Waals surface area contributed by atoms with Crippen molar-refractivity contribution in [3.63, 3.8) is 0 Å². The average Bonchev–Trinajstić information content (AvgIpc) is 2.60. The smallest absolute Gasteiger partial charge is 0.140 e. The predicted octanol–water partition coefficient (Wildman–Crippen LogP) is 3.60. The van der Waals surface area contributed by atoms with Gasteiger partial charge in [0.05, 0.1) is 11.4 Å². The first kappa shape index (κ1) is 11.0. The van der Waals surface area contributed by atoms with Crippen LogP contribution in [0.5, 0.6) is 0 Å². The van der Waals surface area contributed by atoms with E-state index in [0.717, 1.165) is 12.2 Å². The minimum absolute atomic E-state index is 0.907. The van der Waals surface area contributed by atoms with Crippen LogP contribution in [-0.2, 0) is 13.5 Å². The summed E-state index contributed by atoms with van der Waals surface area (Å²) in [5.74, 6) is 1.05. The van der Waals surface area contributed by atoms with Crippen molar-refractivity contribution in [3.8, 4) is 11.4 Å². The second kappa shape index (κ2) is 4.30. The van der Waals surface area contributed by atoms with Crippen LogP contribution in [0, 0.1) is 0 Å². The van der Waals surface area contributed by atoms with Gasteiger partial charge in [-0.25, -0.2) is 4.98 Å². The van der Waals surface area contributed by atoms with Crippen molar-refractivity contribution in [3.05, 3.63) is 59.9 Å². The number of fused-ring (bicyclic) bond motifs is 1. The molecule has 1 aliphatic rings. The molecule has 2 aromatic rings. The zero-order chi connectivity index (χ0) is 12.5. The molecule has 1 aliphatic carbocycles. The Morgan fingerprint density at radius 2 is 1.94 bits per heavy atom. The topological polar surface area (TPSA) is 17.8 Å². The second-order valence-corrected chi connectivity index (χ2v) is 4.64. The largest absolute Gasteiger partial charge is 0.327 e. The third-order valence-corrected chi connectivity index (χ3v) is 3.37. The lowest BCUT2D eigenvalue weighted by atomic mass is 10.1. The zero-order valence-electron chi connectivity index (χ0n) is 10.7. The Balaban J connectivity index is 2.19. The van der Waals surface area contributed by atoms with Crippen molar-refractivity contribution < 1.29 is 0 Å². The highest BCUT2D eigenvalue weighted by Gasteiger charge is 2.16. The lowest BCUT2D eigenvalue weighted by molar-refractivity contribution is 0.905. The normalized spacial score (nSPS) is 14.0. The lowest BCUT2D eigenvalue weighted by Crippen LogP contribution is -1.98. The summed E-state index contributed by atoms with van der Waals surface area (Å²) in [6.45, 7) is 2.14. The standard InChI is InChI=1S/C16H16N2/c1-12-8-6-7-11-14-15(12)18(2)16(17-14)13-9-4-3-5-10-13/h3-10H,11H2,1-2H3. The Labute approximate surface area is 107 Å². The average molecular weight is 236 g/mol. The van der Waals surface area contributed by atoms with Gasteiger partial charge >= 0.3 is 0 Å². The minimum atomic E-state index is 0.907. The van der Waals surface area contributed by atoms with E-state index in [1.165, 1.54) is 22.5 Å². The number of hydrogen-bond acceptors (Lipinski definition) is 1. The van der Waals surface area contributed by atoms with E-state index in [1.807, 2.05) is 6.07 Å². The number of hydrogen-bond donors (Lipinski definition) is 0. The van der Waals surface area contributed by atoms with Crippen molar-refractivity contribution >= 4 is 5.57 Å². The van der Waals surface area contributed by atoms with Crippen LogP contribution < -0.4 is 0 Å². The van der Waals surface area contributed by atoms with E-state index in [2.05, 4.69) is 61.0 Å². The molecule has 0 spiro atoms. The van der Waals surface area contributed by atoms with E-state index >= 15 is 0 Å². The Morgan fingerprint density at radius 3 is 2.72 bits per heavy atom. The molecule has 0 saturated carbocycles. The molecule has 0 unspecified atom stereocenters. The summed E-state index contributed by atoms with van der Waals surface area (Å²) in [6, 6.07) is 10.4. The first-order valence-electron chi connectivity index (χ1n) is 6.22. The maximum Gasteiger partial charge on any atom is 0.140 e. The highest BCUT2D eigenvalue weighted by Crippen LogP contribution is 2.27. The van der Waals surface area contributed by atoms with Crippen LogP contribution in [0.1, 0.15) is 18.3 Å². The van der Waals surface area contributed by atoms with Gasteiger partial charge in [0.1, 0.15) is 5.82 Å². The maximum atomic E-state index is 4.80. The van der Waals surface area contributed by atoms with Gasteiger partial charge in [-0.3, -0.25) is 0 Å². The molecule has 3 rings (SSSR count). The lowest BCUT2D eigenvalue weighted by Gasteiger charge is -2.06. The molecule has 1 heterocycles. The number of allylic oxidation sites excluding steroid dienone is 4. The van der Waals surface area contributed by atoms with E-state index < -0.39 is 0 Å². The van der Waals surface area contributed by atoms with Gasteiger partial charge in [-0.2, -0.15) is 0 Å². The number of aromatic nitrogens is 2. The van der Waals surface area contributed by atoms with Gasteiger partial charge in [0.2, 0.25) is 0 Å². The SMILES string of the molecule is CC1=CC=CCc2nc(-c3ccccc3)n(C)c21. The fourth-order valence-corrected chi connectivity index (χ4v) is 2.51. The number of rotatable bonds is 1. The molecule has 1 aromatic heterocycles. The Bertz CT molecular complexity index is 631. The van der Waals surface area contributed by atoms with Crippen molar-refractivity contribution in [1.29, 1.82) is 0 Å². The summed E-state index contributed by atoms with van der Waals surface area (Å²) in [5.41, 5.74) is 4.86. The van der Waals surface area contributed by atoms with Crippen LogP contribution in [0.2, 0.25) is 0 Å². The third kappa shape index (κ3) is 1.70. The molecule has 18 heavy (non-hydrogen) atoms. The van der Waals surface area contributed by atoms with Crippen molar-refractivity contribution in [2.75, 3.05) is 0 Å². The van der Waals surface area contributed by atoms with Gasteiger partial charge < -0.3 is 4.57 Å². The third-order valence-electron chi connectivity index (χ3n) is 3.37. The summed E-state index contributed by atoms with van der Waals surface area (Å²) in [6.07, 6.45) is 7.34. The summed E-state index contributed by atoms with van der Waals surface area (Å²) in [7, 11) is 2.09. The summed E-state index contributed by atoms with van der Waals surface area (Å²) in [5, 5.41) is 0. The van der Waals surface area contributed by atoms with Crippen LogP contribution in [0.15, 0.2) is 48.6 Å². The highest BCUT2D eigenvalue weighted by molar-refractivity contribution is 5.70. The summed E-state index contributed by atoms with van der Waals surface area (Å²) in [4.78, 5) is 4.80. The van der Waals surface area contributed by atoms with E-state index in [9.17, 15) is 0 Å². The quantitative estimate of drug-likeness (QED) is 0.739. The molecule has 0 aliphatic heterocycles. The van der Waals surface area contributed by atoms with Crippen LogP contribution in [0.3, 0.4) is 0 Å². The molecule has 0 radical (unpaired) electrons. The van der Waals surface area contributed by atoms with E-state index in [0.29, 0.717) is 0 Å². The first-order valence-corrected chi connectivity index (χ1v) is 6.22. The monoisotopic (exact) mass is 236 g/mol. The van der Waals surface area contributed by atoms with Crippen LogP contribution in [0.4, 0.5) is 0 Å². The minimum Gasteiger partial charge on any atom is -0.327 e. The molecule has 90 valence electrons. The van der Waals surface area contributed by atoms with E-state index in [-0.39, 0.29) is 0 Å². The predicted molar refractivity (Wildman–Crippen MR) is 75.1 cm³/mol. The number of nitrogens with zero attached hydrogens (tertiary/aromatic N) is 2. The molecular formula is C16H16N2. The fourth-order valence-electron chi connectivity index (χ4n) is 2.51. The van der Waals surface area contributed by atoms with E-state index in [4.69, 9.17) is 4.98 Å². The molecule has 1 aromatic carbocycles. The van der Waals surface area contributed by atoms with Gasteiger partial charge in [0.25, 0.3) is 0 Å². The molecule has 2 heteroatoms. The molecule has 0 atom stereocenters. The Morgan fingerprint density at radius 1 is 1.17 bits per heavy atom. The number of benzene rings is 1. The second-order valence-electron chi connectivity index (χ2n) is 4.64. The molecular weight excluding hydrogens is 220 g/mol. The molecule has 0 fully saturated rings. The van der Waals surface area contributed by atoms with Crippen molar-refractivity contribution in [2.45, 2.75) is 13.3 Å². The van der Waals surface area contributed by atoms with Crippen LogP contribution >= 0.6 is 0 Å². The van der Waals surface area contributed by atoms with Crippen LogP contribution in [0.25, 0.3) is 17.0 Å². The molecule has 0 saturated heterocycles. The highest BCUT2D eigenvalue weighted by atomic mass is 15.1. The Hall–Kier alpha value is -2.09. The van der Waals surface area contributed by atoms with Gasteiger partial charge in [0.15, 0.2) is 0 Å². The summed E-state index contributed by atoms with van der Waals surface area (Å²) >= 11 is 0. The molecule has 0 amide bonds. The molecule has 0 N–H and O–H groups in total. The van der Waals surface area contributed by atoms with Gasteiger partial charge in [-0.05, 0) is 12.5 Å². The molecule has 0 bridgehead atoms.